The van der Waals surface area contributed by atoms with Crippen LogP contribution in [0.15, 0.2) is 18.2 Å². The number of anilines is 1. The van der Waals surface area contributed by atoms with E-state index in [1.54, 1.807) is 6.07 Å². The fourth-order valence-corrected chi connectivity index (χ4v) is 1.78. The summed E-state index contributed by atoms with van der Waals surface area (Å²) in [5.74, 6) is -0.993. The molecule has 6 nitrogen and oxygen atoms in total. The van der Waals surface area contributed by atoms with Crippen molar-refractivity contribution >= 4 is 17.6 Å². The normalized spacial score (nSPS) is 11.7. The number of unbranched alkanes of at least 4 members (excludes halogenated alkanes) is 1. The number of aliphatic carboxylic acids is 1. The van der Waals surface area contributed by atoms with E-state index in [4.69, 9.17) is 15.6 Å². The minimum absolute atomic E-state index is 0.244. The van der Waals surface area contributed by atoms with Crippen molar-refractivity contribution in [2.45, 2.75) is 32.2 Å². The summed E-state index contributed by atoms with van der Waals surface area (Å²) in [6.45, 7) is 1.96. The lowest BCUT2D eigenvalue weighted by atomic mass is 10.1. The standard InChI is InChI=1S/C14H20N2O4/c1-3-4-5-12(14(18)19)16-13(17)10-7-6-9(20-2)8-11(10)15/h6-8,12H,3-5,15H2,1-2H3,(H,16,17)(H,18,19)/t12-/m0/s1. The Hall–Kier alpha value is -2.24. The van der Waals surface area contributed by atoms with Crippen LogP contribution in [0.1, 0.15) is 36.5 Å². The second-order valence-electron chi connectivity index (χ2n) is 4.46. The van der Waals surface area contributed by atoms with Crippen molar-refractivity contribution in [2.24, 2.45) is 0 Å². The van der Waals surface area contributed by atoms with Crippen LogP contribution in [0, 0.1) is 0 Å². The highest BCUT2D eigenvalue weighted by molar-refractivity contribution is 6.01. The molecular weight excluding hydrogens is 260 g/mol. The summed E-state index contributed by atoms with van der Waals surface area (Å²) in [7, 11) is 1.50. The fraction of sp³-hybridized carbons (Fsp3) is 0.429. The summed E-state index contributed by atoms with van der Waals surface area (Å²) < 4.78 is 5.00. The first-order valence-electron chi connectivity index (χ1n) is 6.46. The number of methoxy groups -OCH3 is 1. The molecule has 1 amide bonds. The predicted molar refractivity (Wildman–Crippen MR) is 75.8 cm³/mol. The highest BCUT2D eigenvalue weighted by Gasteiger charge is 2.21. The number of carboxylic acids is 1. The first-order chi connectivity index (χ1) is 9.49. The predicted octanol–water partition coefficient (Wildman–Crippen LogP) is 1.65. The van der Waals surface area contributed by atoms with E-state index in [2.05, 4.69) is 5.32 Å². The Labute approximate surface area is 117 Å². The van der Waals surface area contributed by atoms with Gasteiger partial charge in [-0.3, -0.25) is 4.79 Å². The van der Waals surface area contributed by atoms with Crippen LogP contribution >= 0.6 is 0 Å². The number of hydrogen-bond donors (Lipinski definition) is 3. The molecule has 0 aliphatic heterocycles. The van der Waals surface area contributed by atoms with E-state index in [0.717, 1.165) is 12.8 Å². The van der Waals surface area contributed by atoms with Crippen molar-refractivity contribution in [1.29, 1.82) is 0 Å². The lowest BCUT2D eigenvalue weighted by Crippen LogP contribution is -2.40. The maximum atomic E-state index is 12.0. The highest BCUT2D eigenvalue weighted by atomic mass is 16.5. The second-order valence-corrected chi connectivity index (χ2v) is 4.46. The largest absolute Gasteiger partial charge is 0.497 e. The summed E-state index contributed by atoms with van der Waals surface area (Å²) >= 11 is 0. The molecule has 0 saturated heterocycles. The molecule has 0 spiro atoms. The monoisotopic (exact) mass is 280 g/mol. The van der Waals surface area contributed by atoms with Gasteiger partial charge in [-0.25, -0.2) is 4.79 Å². The average molecular weight is 280 g/mol. The van der Waals surface area contributed by atoms with E-state index in [9.17, 15) is 9.59 Å². The molecule has 110 valence electrons. The zero-order valence-electron chi connectivity index (χ0n) is 11.7. The van der Waals surface area contributed by atoms with E-state index in [0.29, 0.717) is 12.2 Å². The summed E-state index contributed by atoms with van der Waals surface area (Å²) in [5.41, 5.74) is 6.26. The van der Waals surface area contributed by atoms with E-state index in [1.165, 1.54) is 19.2 Å². The number of nitrogens with one attached hydrogen (secondary N) is 1. The number of rotatable bonds is 7. The average Bonchev–Trinajstić information content (AvgIpc) is 2.42. The molecule has 4 N–H and O–H groups in total. The summed E-state index contributed by atoms with van der Waals surface area (Å²) in [5, 5.41) is 11.6. The van der Waals surface area contributed by atoms with Crippen molar-refractivity contribution in [3.63, 3.8) is 0 Å². The van der Waals surface area contributed by atoms with E-state index in [-0.39, 0.29) is 11.3 Å². The minimum Gasteiger partial charge on any atom is -0.497 e. The zero-order valence-corrected chi connectivity index (χ0v) is 11.7. The molecule has 0 aromatic heterocycles. The zero-order chi connectivity index (χ0) is 15.1. The number of amides is 1. The second kappa shape index (κ2) is 7.37. The highest BCUT2D eigenvalue weighted by Crippen LogP contribution is 2.19. The molecule has 0 radical (unpaired) electrons. The van der Waals surface area contributed by atoms with Crippen LogP contribution in [0.5, 0.6) is 5.75 Å². The van der Waals surface area contributed by atoms with Crippen molar-refractivity contribution < 1.29 is 19.4 Å². The Balaban J connectivity index is 2.80. The van der Waals surface area contributed by atoms with Crippen molar-refractivity contribution in [1.82, 2.24) is 5.32 Å². The maximum Gasteiger partial charge on any atom is 0.326 e. The third-order valence-corrected chi connectivity index (χ3v) is 2.95. The Kier molecular flexibility index (Phi) is 5.83. The molecule has 6 heteroatoms. The third kappa shape index (κ3) is 4.15. The van der Waals surface area contributed by atoms with Crippen LogP contribution < -0.4 is 15.8 Å². The van der Waals surface area contributed by atoms with Gasteiger partial charge in [0.05, 0.1) is 12.7 Å². The Morgan fingerprint density at radius 1 is 1.45 bits per heavy atom. The third-order valence-electron chi connectivity index (χ3n) is 2.95. The first-order valence-corrected chi connectivity index (χ1v) is 6.46. The molecule has 1 aromatic rings. The lowest BCUT2D eigenvalue weighted by molar-refractivity contribution is -0.139. The van der Waals surface area contributed by atoms with Gasteiger partial charge in [-0.15, -0.1) is 0 Å². The Morgan fingerprint density at radius 3 is 2.65 bits per heavy atom. The number of hydrogen-bond acceptors (Lipinski definition) is 4. The van der Waals surface area contributed by atoms with Gasteiger partial charge in [0.2, 0.25) is 0 Å². The van der Waals surface area contributed by atoms with Crippen LogP contribution in [0.3, 0.4) is 0 Å². The number of nitrogen functional groups attached to an aromatic ring is 1. The van der Waals surface area contributed by atoms with Gasteiger partial charge in [0.15, 0.2) is 0 Å². The van der Waals surface area contributed by atoms with Gasteiger partial charge in [-0.05, 0) is 18.6 Å². The smallest absolute Gasteiger partial charge is 0.326 e. The van der Waals surface area contributed by atoms with Gasteiger partial charge in [0, 0.05) is 11.8 Å². The molecule has 0 unspecified atom stereocenters. The number of benzene rings is 1. The minimum atomic E-state index is -1.04. The van der Waals surface area contributed by atoms with E-state index in [1.807, 2.05) is 6.92 Å². The van der Waals surface area contributed by atoms with E-state index >= 15 is 0 Å². The van der Waals surface area contributed by atoms with Gasteiger partial charge >= 0.3 is 5.97 Å². The van der Waals surface area contributed by atoms with Gasteiger partial charge in [-0.2, -0.15) is 0 Å². The molecule has 0 bridgehead atoms. The summed E-state index contributed by atoms with van der Waals surface area (Å²) in [6.07, 6.45) is 1.99. The Bertz CT molecular complexity index is 488. The number of carbonyl (C=O) groups is 2. The molecule has 1 rings (SSSR count). The quantitative estimate of drug-likeness (QED) is 0.659. The molecular formula is C14H20N2O4. The summed E-state index contributed by atoms with van der Waals surface area (Å²) in [4.78, 5) is 23.1. The van der Waals surface area contributed by atoms with Crippen molar-refractivity contribution in [3.05, 3.63) is 23.8 Å². The van der Waals surface area contributed by atoms with Crippen LogP contribution in [-0.2, 0) is 4.79 Å². The Morgan fingerprint density at radius 2 is 2.15 bits per heavy atom. The van der Waals surface area contributed by atoms with Crippen LogP contribution in [0.2, 0.25) is 0 Å². The summed E-state index contributed by atoms with van der Waals surface area (Å²) in [6, 6.07) is 3.75. The van der Waals surface area contributed by atoms with Gasteiger partial charge < -0.3 is 20.9 Å². The number of nitrogens with two attached hydrogens (primary N) is 1. The molecule has 0 fully saturated rings. The van der Waals surface area contributed by atoms with Crippen molar-refractivity contribution in [2.75, 3.05) is 12.8 Å². The molecule has 0 saturated carbocycles. The molecule has 0 heterocycles. The topological polar surface area (TPSA) is 102 Å². The maximum absolute atomic E-state index is 12.0. The molecule has 20 heavy (non-hydrogen) atoms. The van der Waals surface area contributed by atoms with Gasteiger partial charge in [-0.1, -0.05) is 19.8 Å². The van der Waals surface area contributed by atoms with Gasteiger partial charge in [0.25, 0.3) is 5.91 Å². The first kappa shape index (κ1) is 15.8. The SMILES string of the molecule is CCCC[C@H](NC(=O)c1ccc(OC)cc1N)C(=O)O. The number of carboxylic acid groups (broad SMARTS) is 1. The number of ether oxygens (including phenoxy) is 1. The van der Waals surface area contributed by atoms with Gasteiger partial charge in [0.1, 0.15) is 11.8 Å². The lowest BCUT2D eigenvalue weighted by Gasteiger charge is -2.15. The van der Waals surface area contributed by atoms with Crippen LogP contribution in [0.4, 0.5) is 5.69 Å². The molecule has 1 atom stereocenters. The van der Waals surface area contributed by atoms with E-state index < -0.39 is 17.9 Å². The molecule has 0 aliphatic carbocycles. The molecule has 1 aromatic carbocycles. The van der Waals surface area contributed by atoms with Crippen LogP contribution in [0.25, 0.3) is 0 Å². The molecule has 0 aliphatic rings. The number of carbonyl (C=O) groups excluding carboxylic acids is 1. The van der Waals surface area contributed by atoms with Crippen molar-refractivity contribution in [3.8, 4) is 5.75 Å². The fourth-order valence-electron chi connectivity index (χ4n) is 1.78. The van der Waals surface area contributed by atoms with Crippen LogP contribution in [-0.4, -0.2) is 30.1 Å².